The first-order valence-electron chi connectivity index (χ1n) is 7.03. The highest BCUT2D eigenvalue weighted by Gasteiger charge is 2.07. The van der Waals surface area contributed by atoms with E-state index in [0.717, 1.165) is 28.1 Å². The lowest BCUT2D eigenvalue weighted by Gasteiger charge is -2.06. The van der Waals surface area contributed by atoms with E-state index in [1.54, 1.807) is 25.4 Å². The average molecular weight is 306 g/mol. The van der Waals surface area contributed by atoms with Crippen molar-refractivity contribution in [3.63, 3.8) is 0 Å². The van der Waals surface area contributed by atoms with Gasteiger partial charge in [0.05, 0.1) is 17.7 Å². The van der Waals surface area contributed by atoms with E-state index >= 15 is 0 Å². The first kappa shape index (κ1) is 14.7. The van der Waals surface area contributed by atoms with Gasteiger partial charge in [-0.1, -0.05) is 0 Å². The molecule has 0 spiro atoms. The van der Waals surface area contributed by atoms with Gasteiger partial charge < -0.3 is 4.74 Å². The molecule has 0 N–H and O–H groups in total. The molecule has 0 atom stereocenters. The van der Waals surface area contributed by atoms with Gasteiger partial charge in [-0.3, -0.25) is 15.1 Å². The minimum Gasteiger partial charge on any atom is -0.497 e. The Morgan fingerprint density at radius 2 is 1.57 bits per heavy atom. The van der Waals surface area contributed by atoms with Gasteiger partial charge in [0.2, 0.25) is 0 Å². The molecule has 0 aliphatic carbocycles. The van der Waals surface area contributed by atoms with Crippen LogP contribution in [0.5, 0.6) is 5.75 Å². The first-order chi connectivity index (χ1) is 11.2. The Morgan fingerprint density at radius 1 is 0.913 bits per heavy atom. The molecule has 5 heteroatoms. The van der Waals surface area contributed by atoms with Crippen molar-refractivity contribution in [2.75, 3.05) is 7.11 Å². The molecule has 0 fully saturated rings. The number of pyridine rings is 1. The normalized spacial score (nSPS) is 10.3. The molecule has 3 aromatic rings. The molecule has 3 rings (SSSR count). The van der Waals surface area contributed by atoms with Gasteiger partial charge >= 0.3 is 0 Å². The molecule has 0 bridgehead atoms. The molecule has 0 aliphatic heterocycles. The van der Waals surface area contributed by atoms with Crippen LogP contribution in [0.15, 0.2) is 66.9 Å². The van der Waals surface area contributed by atoms with Gasteiger partial charge in [-0.2, -0.15) is 0 Å². The van der Waals surface area contributed by atoms with Crippen LogP contribution in [0.25, 0.3) is 22.4 Å². The molecule has 0 saturated carbocycles. The van der Waals surface area contributed by atoms with Gasteiger partial charge in [-0.05, 0) is 59.7 Å². The predicted octanol–water partition coefficient (Wildman–Crippen LogP) is 4.33. The van der Waals surface area contributed by atoms with E-state index in [0.29, 0.717) is 0 Å². The SMILES string of the molecule is COc1ccc(-c2cc(-c3ccc([N+](=O)[O-])cc3)ccn2)cc1. The summed E-state index contributed by atoms with van der Waals surface area (Å²) >= 11 is 0. The molecule has 0 saturated heterocycles. The summed E-state index contributed by atoms with van der Waals surface area (Å²) < 4.78 is 5.15. The van der Waals surface area contributed by atoms with Crippen LogP contribution in [-0.2, 0) is 0 Å². The predicted molar refractivity (Wildman–Crippen MR) is 88.3 cm³/mol. The third-order valence-electron chi connectivity index (χ3n) is 3.56. The van der Waals surface area contributed by atoms with Crippen molar-refractivity contribution in [1.29, 1.82) is 0 Å². The highest BCUT2D eigenvalue weighted by atomic mass is 16.6. The van der Waals surface area contributed by atoms with E-state index < -0.39 is 4.92 Å². The maximum Gasteiger partial charge on any atom is 0.269 e. The fourth-order valence-corrected chi connectivity index (χ4v) is 2.31. The number of nitrogens with zero attached hydrogens (tertiary/aromatic N) is 2. The summed E-state index contributed by atoms with van der Waals surface area (Å²) in [6, 6.07) is 18.0. The van der Waals surface area contributed by atoms with Crippen molar-refractivity contribution in [2.24, 2.45) is 0 Å². The van der Waals surface area contributed by atoms with Crippen molar-refractivity contribution < 1.29 is 9.66 Å². The van der Waals surface area contributed by atoms with E-state index in [-0.39, 0.29) is 5.69 Å². The smallest absolute Gasteiger partial charge is 0.269 e. The second-order valence-corrected chi connectivity index (χ2v) is 4.96. The number of nitro benzene ring substituents is 1. The molecule has 0 unspecified atom stereocenters. The van der Waals surface area contributed by atoms with E-state index in [1.807, 2.05) is 36.4 Å². The fraction of sp³-hybridized carbons (Fsp3) is 0.0556. The fourth-order valence-electron chi connectivity index (χ4n) is 2.31. The highest BCUT2D eigenvalue weighted by molar-refractivity contribution is 5.71. The van der Waals surface area contributed by atoms with E-state index in [4.69, 9.17) is 4.74 Å². The minimum atomic E-state index is -0.404. The summed E-state index contributed by atoms with van der Waals surface area (Å²) in [5, 5.41) is 10.7. The number of ether oxygens (including phenoxy) is 1. The number of rotatable bonds is 4. The van der Waals surface area contributed by atoms with Crippen molar-refractivity contribution in [2.45, 2.75) is 0 Å². The maximum absolute atomic E-state index is 10.7. The summed E-state index contributed by atoms with van der Waals surface area (Å²) in [5.41, 5.74) is 3.77. The van der Waals surface area contributed by atoms with Crippen molar-refractivity contribution in [1.82, 2.24) is 4.98 Å². The Balaban J connectivity index is 1.93. The van der Waals surface area contributed by atoms with Gasteiger partial charge in [0.25, 0.3) is 5.69 Å². The summed E-state index contributed by atoms with van der Waals surface area (Å²) in [5.74, 6) is 0.792. The summed E-state index contributed by atoms with van der Waals surface area (Å²) in [7, 11) is 1.63. The maximum atomic E-state index is 10.7. The minimum absolute atomic E-state index is 0.0817. The summed E-state index contributed by atoms with van der Waals surface area (Å²) in [6.45, 7) is 0. The number of methoxy groups -OCH3 is 1. The lowest BCUT2D eigenvalue weighted by Crippen LogP contribution is -1.89. The molecule has 1 aromatic heterocycles. The Kier molecular flexibility index (Phi) is 4.01. The van der Waals surface area contributed by atoms with Gasteiger partial charge in [-0.15, -0.1) is 0 Å². The van der Waals surface area contributed by atoms with Crippen LogP contribution in [0.3, 0.4) is 0 Å². The monoisotopic (exact) mass is 306 g/mol. The topological polar surface area (TPSA) is 65.3 Å². The third kappa shape index (κ3) is 3.18. The van der Waals surface area contributed by atoms with E-state index in [9.17, 15) is 10.1 Å². The van der Waals surface area contributed by atoms with Crippen LogP contribution in [-0.4, -0.2) is 17.0 Å². The van der Waals surface area contributed by atoms with E-state index in [1.165, 1.54) is 12.1 Å². The van der Waals surface area contributed by atoms with Crippen LogP contribution in [0.1, 0.15) is 0 Å². The van der Waals surface area contributed by atoms with Gasteiger partial charge in [-0.25, -0.2) is 0 Å². The molecule has 0 aliphatic rings. The standard InChI is InChI=1S/C18H14N2O3/c1-23-17-8-4-14(5-9-17)18-12-15(10-11-19-18)13-2-6-16(7-3-13)20(21)22/h2-12H,1H3. The molecule has 2 aromatic carbocycles. The summed E-state index contributed by atoms with van der Waals surface area (Å²) in [4.78, 5) is 14.7. The van der Waals surface area contributed by atoms with Crippen molar-refractivity contribution >= 4 is 5.69 Å². The quantitative estimate of drug-likeness (QED) is 0.531. The third-order valence-corrected chi connectivity index (χ3v) is 3.56. The lowest BCUT2D eigenvalue weighted by atomic mass is 10.0. The largest absolute Gasteiger partial charge is 0.497 e. The number of aromatic nitrogens is 1. The Morgan fingerprint density at radius 3 is 2.17 bits per heavy atom. The zero-order valence-corrected chi connectivity index (χ0v) is 12.5. The molecule has 0 amide bonds. The van der Waals surface area contributed by atoms with Gasteiger partial charge in [0.1, 0.15) is 5.75 Å². The van der Waals surface area contributed by atoms with Crippen LogP contribution in [0.2, 0.25) is 0 Å². The molecule has 23 heavy (non-hydrogen) atoms. The molecule has 0 radical (unpaired) electrons. The zero-order chi connectivity index (χ0) is 16.2. The molecule has 1 heterocycles. The van der Waals surface area contributed by atoms with Gasteiger partial charge in [0, 0.05) is 23.9 Å². The second kappa shape index (κ2) is 6.27. The molecular weight excluding hydrogens is 292 g/mol. The van der Waals surface area contributed by atoms with Crippen LogP contribution >= 0.6 is 0 Å². The van der Waals surface area contributed by atoms with Crippen molar-refractivity contribution in [3.05, 3.63) is 77.0 Å². The highest BCUT2D eigenvalue weighted by Crippen LogP contribution is 2.27. The number of non-ortho nitro benzene ring substituents is 1. The average Bonchev–Trinajstić information content (AvgIpc) is 2.62. The number of hydrogen-bond donors (Lipinski definition) is 0. The van der Waals surface area contributed by atoms with Gasteiger partial charge in [0.15, 0.2) is 0 Å². The first-order valence-corrected chi connectivity index (χ1v) is 7.03. The van der Waals surface area contributed by atoms with Crippen LogP contribution in [0.4, 0.5) is 5.69 Å². The number of hydrogen-bond acceptors (Lipinski definition) is 4. The zero-order valence-electron chi connectivity index (χ0n) is 12.5. The Labute approximate surface area is 133 Å². The lowest BCUT2D eigenvalue weighted by molar-refractivity contribution is -0.384. The number of benzene rings is 2. The summed E-state index contributed by atoms with van der Waals surface area (Å²) in [6.07, 6.45) is 1.73. The molecular formula is C18H14N2O3. The van der Waals surface area contributed by atoms with Crippen LogP contribution in [0, 0.1) is 10.1 Å². The second-order valence-electron chi connectivity index (χ2n) is 4.96. The van der Waals surface area contributed by atoms with E-state index in [2.05, 4.69) is 4.98 Å². The Hall–Kier alpha value is -3.21. The number of nitro groups is 1. The Bertz CT molecular complexity index is 828. The molecule has 5 nitrogen and oxygen atoms in total. The van der Waals surface area contributed by atoms with Crippen LogP contribution < -0.4 is 4.74 Å². The molecule has 114 valence electrons. The van der Waals surface area contributed by atoms with Crippen molar-refractivity contribution in [3.8, 4) is 28.1 Å².